The second kappa shape index (κ2) is 5.09. The van der Waals surface area contributed by atoms with Gasteiger partial charge in [-0.2, -0.15) is 0 Å². The summed E-state index contributed by atoms with van der Waals surface area (Å²) >= 11 is 0. The van der Waals surface area contributed by atoms with Gasteiger partial charge in [-0.25, -0.2) is 0 Å². The number of nitrogen functional groups attached to an aromatic ring is 1. The molecule has 0 atom stereocenters. The van der Waals surface area contributed by atoms with Crippen LogP contribution in [0.25, 0.3) is 0 Å². The Kier molecular flexibility index (Phi) is 4.10. The van der Waals surface area contributed by atoms with Gasteiger partial charge in [-0.05, 0) is 45.9 Å². The highest BCUT2D eigenvalue weighted by atomic mass is 16.3. The predicted octanol–water partition coefficient (Wildman–Crippen LogP) is 1.59. The molecule has 19 heavy (non-hydrogen) atoms. The van der Waals surface area contributed by atoms with Gasteiger partial charge in [-0.1, -0.05) is 0 Å². The Labute approximate surface area is 114 Å². The first-order chi connectivity index (χ1) is 8.58. The van der Waals surface area contributed by atoms with Crippen LogP contribution in [-0.4, -0.2) is 29.2 Å². The smallest absolute Gasteiger partial charge is 0.251 e. The van der Waals surface area contributed by atoms with Crippen molar-refractivity contribution in [1.29, 1.82) is 0 Å². The fraction of sp³-hybridized carbons (Fsp3) is 0.500. The third-order valence-electron chi connectivity index (χ3n) is 3.52. The number of benzene rings is 1. The van der Waals surface area contributed by atoms with Gasteiger partial charge in [-0.3, -0.25) is 4.79 Å². The average molecular weight is 265 g/mol. The fourth-order valence-corrected chi connectivity index (χ4v) is 1.44. The van der Waals surface area contributed by atoms with Crippen LogP contribution in [0.1, 0.15) is 38.1 Å². The van der Waals surface area contributed by atoms with Crippen molar-refractivity contribution in [2.24, 2.45) is 0 Å². The Hall–Kier alpha value is -1.75. The van der Waals surface area contributed by atoms with Crippen LogP contribution in [-0.2, 0) is 0 Å². The highest BCUT2D eigenvalue weighted by molar-refractivity contribution is 5.96. The topological polar surface area (TPSA) is 87.4 Å². The van der Waals surface area contributed by atoms with E-state index in [2.05, 4.69) is 10.6 Å². The molecule has 0 saturated heterocycles. The Bertz CT molecular complexity index is 476. The summed E-state index contributed by atoms with van der Waals surface area (Å²) in [6, 6.07) is 5.02. The van der Waals surface area contributed by atoms with E-state index in [9.17, 15) is 9.90 Å². The zero-order chi connectivity index (χ0) is 14.8. The molecule has 1 aromatic rings. The zero-order valence-corrected chi connectivity index (χ0v) is 12.2. The average Bonchev–Trinajstić information content (AvgIpc) is 2.29. The number of nitrogens with one attached hydrogen (secondary N) is 2. The summed E-state index contributed by atoms with van der Waals surface area (Å²) in [5.41, 5.74) is 6.05. The summed E-state index contributed by atoms with van der Waals surface area (Å²) < 4.78 is 0. The number of hydrogen-bond acceptors (Lipinski definition) is 4. The Morgan fingerprint density at radius 3 is 2.32 bits per heavy atom. The summed E-state index contributed by atoms with van der Waals surface area (Å²) in [4.78, 5) is 11.6. The molecule has 0 heterocycles. The molecule has 0 aromatic heterocycles. The van der Waals surface area contributed by atoms with E-state index in [0.717, 1.165) is 0 Å². The second-order valence-corrected chi connectivity index (χ2v) is 5.69. The fourth-order valence-electron chi connectivity index (χ4n) is 1.44. The Morgan fingerprint density at radius 1 is 1.26 bits per heavy atom. The quantitative estimate of drug-likeness (QED) is 0.623. The molecule has 0 radical (unpaired) electrons. The van der Waals surface area contributed by atoms with Crippen molar-refractivity contribution < 1.29 is 9.90 Å². The summed E-state index contributed by atoms with van der Waals surface area (Å²) in [6.45, 7) is 7.19. The first-order valence-electron chi connectivity index (χ1n) is 6.20. The van der Waals surface area contributed by atoms with E-state index in [-0.39, 0.29) is 5.91 Å². The summed E-state index contributed by atoms with van der Waals surface area (Å²) in [5, 5.41) is 15.9. The number of hydrogen-bond donors (Lipinski definition) is 4. The van der Waals surface area contributed by atoms with Gasteiger partial charge in [0.15, 0.2) is 0 Å². The minimum absolute atomic E-state index is 0.177. The van der Waals surface area contributed by atoms with Crippen LogP contribution in [0.2, 0.25) is 0 Å². The predicted molar refractivity (Wildman–Crippen MR) is 78.2 cm³/mol. The molecule has 0 aliphatic rings. The molecule has 0 bridgehead atoms. The van der Waals surface area contributed by atoms with Crippen molar-refractivity contribution in [1.82, 2.24) is 5.32 Å². The van der Waals surface area contributed by atoms with E-state index in [1.807, 2.05) is 13.8 Å². The second-order valence-electron chi connectivity index (χ2n) is 5.69. The number of carbonyl (C=O) groups excluding carboxylic acids is 1. The van der Waals surface area contributed by atoms with Gasteiger partial charge in [0.25, 0.3) is 5.91 Å². The highest BCUT2D eigenvalue weighted by Crippen LogP contribution is 2.29. The molecule has 5 N–H and O–H groups in total. The molecule has 0 spiro atoms. The van der Waals surface area contributed by atoms with Gasteiger partial charge < -0.3 is 21.5 Å². The van der Waals surface area contributed by atoms with E-state index in [1.54, 1.807) is 39.1 Å². The van der Waals surface area contributed by atoms with Crippen molar-refractivity contribution in [3.05, 3.63) is 23.8 Å². The van der Waals surface area contributed by atoms with Gasteiger partial charge >= 0.3 is 0 Å². The number of nitrogens with two attached hydrogens (primary N) is 1. The third kappa shape index (κ3) is 3.38. The molecule has 1 aromatic carbocycles. The van der Waals surface area contributed by atoms with Gasteiger partial charge in [0.05, 0.1) is 22.5 Å². The lowest BCUT2D eigenvalue weighted by Crippen LogP contribution is -2.51. The van der Waals surface area contributed by atoms with Crippen LogP contribution in [0.3, 0.4) is 0 Å². The van der Waals surface area contributed by atoms with E-state index in [0.29, 0.717) is 16.9 Å². The van der Waals surface area contributed by atoms with E-state index < -0.39 is 11.1 Å². The molecule has 5 nitrogen and oxygen atoms in total. The van der Waals surface area contributed by atoms with Crippen molar-refractivity contribution in [3.8, 4) is 0 Å². The zero-order valence-electron chi connectivity index (χ0n) is 12.2. The lowest BCUT2D eigenvalue weighted by atomic mass is 9.85. The normalized spacial score (nSPS) is 12.1. The molecule has 106 valence electrons. The Balaban J connectivity index is 3.11. The lowest BCUT2D eigenvalue weighted by Gasteiger charge is -2.39. The van der Waals surface area contributed by atoms with Crippen molar-refractivity contribution in [2.75, 3.05) is 18.1 Å². The maximum Gasteiger partial charge on any atom is 0.251 e. The molecule has 0 fully saturated rings. The van der Waals surface area contributed by atoms with Crippen molar-refractivity contribution in [2.45, 2.75) is 38.8 Å². The largest absolute Gasteiger partial charge is 0.397 e. The molecule has 0 saturated carbocycles. The lowest BCUT2D eigenvalue weighted by molar-refractivity contribution is 0.0241. The van der Waals surface area contributed by atoms with Crippen LogP contribution in [0.15, 0.2) is 18.2 Å². The van der Waals surface area contributed by atoms with Gasteiger partial charge in [0.1, 0.15) is 0 Å². The van der Waals surface area contributed by atoms with Crippen LogP contribution in [0.5, 0.6) is 0 Å². The number of rotatable bonds is 4. The van der Waals surface area contributed by atoms with Gasteiger partial charge in [-0.15, -0.1) is 0 Å². The first-order valence-corrected chi connectivity index (χ1v) is 6.20. The van der Waals surface area contributed by atoms with Crippen molar-refractivity contribution in [3.63, 3.8) is 0 Å². The van der Waals surface area contributed by atoms with E-state index >= 15 is 0 Å². The summed E-state index contributed by atoms with van der Waals surface area (Å²) in [5.74, 6) is -0.177. The molecule has 1 rings (SSSR count). The minimum Gasteiger partial charge on any atom is -0.397 e. The first kappa shape index (κ1) is 15.3. The van der Waals surface area contributed by atoms with Crippen LogP contribution < -0.4 is 16.4 Å². The molecule has 0 unspecified atom stereocenters. The highest BCUT2D eigenvalue weighted by Gasteiger charge is 2.35. The number of aliphatic hydroxyl groups is 1. The van der Waals surface area contributed by atoms with Gasteiger partial charge in [0.2, 0.25) is 0 Å². The van der Waals surface area contributed by atoms with E-state index in [1.165, 1.54) is 0 Å². The molecule has 5 heteroatoms. The number of carbonyl (C=O) groups is 1. The van der Waals surface area contributed by atoms with Crippen LogP contribution in [0, 0.1) is 0 Å². The number of anilines is 2. The summed E-state index contributed by atoms with van der Waals surface area (Å²) in [6.07, 6.45) is 0. The SMILES string of the molecule is CNC(=O)c1ccc(N)c(NC(C)(C)C(C)(C)O)c1. The Morgan fingerprint density at radius 2 is 1.84 bits per heavy atom. The monoisotopic (exact) mass is 265 g/mol. The molecular weight excluding hydrogens is 242 g/mol. The maximum atomic E-state index is 11.6. The minimum atomic E-state index is -0.942. The van der Waals surface area contributed by atoms with E-state index in [4.69, 9.17) is 5.73 Å². The standard InChI is InChI=1S/C14H23N3O2/c1-13(2,14(3,4)19)17-11-8-9(12(18)16-5)6-7-10(11)15/h6-8,17,19H,15H2,1-5H3,(H,16,18). The van der Waals surface area contributed by atoms with Crippen LogP contribution in [0.4, 0.5) is 11.4 Å². The molecule has 1 amide bonds. The molecular formula is C14H23N3O2. The van der Waals surface area contributed by atoms with Crippen molar-refractivity contribution >= 4 is 17.3 Å². The van der Waals surface area contributed by atoms with Crippen LogP contribution >= 0.6 is 0 Å². The molecule has 0 aliphatic carbocycles. The summed E-state index contributed by atoms with van der Waals surface area (Å²) in [7, 11) is 1.58. The molecule has 0 aliphatic heterocycles. The maximum absolute atomic E-state index is 11.6. The number of amides is 1. The van der Waals surface area contributed by atoms with Gasteiger partial charge in [0, 0.05) is 12.6 Å². The third-order valence-corrected chi connectivity index (χ3v) is 3.52.